The number of fused-ring (bicyclic) bond motifs is 11. The first kappa shape index (κ1) is 26.0. The van der Waals surface area contributed by atoms with E-state index in [-0.39, 0.29) is 0 Å². The van der Waals surface area contributed by atoms with Crippen molar-refractivity contribution in [3.05, 3.63) is 146 Å². The summed E-state index contributed by atoms with van der Waals surface area (Å²) in [4.78, 5) is 5.31. The van der Waals surface area contributed by atoms with Crippen LogP contribution in [0.5, 0.6) is 0 Å². The molecule has 0 aliphatic carbocycles. The van der Waals surface area contributed by atoms with Gasteiger partial charge in [0.1, 0.15) is 16.7 Å². The van der Waals surface area contributed by atoms with E-state index in [0.29, 0.717) is 5.89 Å². The van der Waals surface area contributed by atoms with E-state index in [2.05, 4.69) is 126 Å². The Hall–Kier alpha value is -6.17. The zero-order valence-electron chi connectivity index (χ0n) is 25.5. The lowest BCUT2D eigenvalue weighted by molar-refractivity contribution is 0.623. The summed E-state index contributed by atoms with van der Waals surface area (Å²) in [6.45, 7) is 0. The highest BCUT2D eigenvalue weighted by atomic mass is 32.1. The van der Waals surface area contributed by atoms with Gasteiger partial charge in [-0.1, -0.05) is 103 Å². The topological polar surface area (TPSA) is 44.1 Å². The number of nitrogens with zero attached hydrogens (tertiary/aromatic N) is 2. The standard InChI is InChI=1S/C43H24N2O2S/c1-2-12-25(13-3-1)31-24-36-39(28-16-6-10-20-35(28)46-36)41-40(31)44-43(47-41)30-22-23-34(42-38(30)29-17-7-11-21-37(29)48-42)45-32-18-8-4-14-26(32)27-15-5-9-19-33(27)45/h1-24H. The largest absolute Gasteiger partial charge is 0.456 e. The van der Waals surface area contributed by atoms with E-state index < -0.39 is 0 Å². The number of rotatable bonds is 3. The Morgan fingerprint density at radius 2 is 1.19 bits per heavy atom. The average molecular weight is 633 g/mol. The molecule has 0 bridgehead atoms. The van der Waals surface area contributed by atoms with Crippen molar-refractivity contribution in [1.82, 2.24) is 9.55 Å². The molecule has 0 spiro atoms. The Bertz CT molecular complexity index is 3010. The van der Waals surface area contributed by atoms with Crippen molar-refractivity contribution in [3.8, 4) is 28.3 Å². The first-order valence-electron chi connectivity index (χ1n) is 16.1. The second-order valence-electron chi connectivity index (χ2n) is 12.3. The molecule has 224 valence electrons. The van der Waals surface area contributed by atoms with Crippen LogP contribution in [0.1, 0.15) is 0 Å². The fourth-order valence-corrected chi connectivity index (χ4v) is 8.81. The van der Waals surface area contributed by atoms with E-state index in [0.717, 1.165) is 60.8 Å². The zero-order chi connectivity index (χ0) is 31.3. The molecule has 0 saturated carbocycles. The van der Waals surface area contributed by atoms with Crippen LogP contribution in [-0.2, 0) is 0 Å². The van der Waals surface area contributed by atoms with Crippen molar-refractivity contribution in [2.45, 2.75) is 0 Å². The molecule has 0 fully saturated rings. The van der Waals surface area contributed by atoms with Gasteiger partial charge in [-0.05, 0) is 48.0 Å². The molecule has 0 atom stereocenters. The van der Waals surface area contributed by atoms with Crippen LogP contribution in [0.25, 0.3) is 103 Å². The smallest absolute Gasteiger partial charge is 0.228 e. The molecular formula is C43H24N2O2S. The van der Waals surface area contributed by atoms with Gasteiger partial charge in [-0.15, -0.1) is 11.3 Å². The van der Waals surface area contributed by atoms with Crippen LogP contribution in [0.15, 0.2) is 154 Å². The third kappa shape index (κ3) is 3.51. The van der Waals surface area contributed by atoms with Gasteiger partial charge in [-0.3, -0.25) is 0 Å². The molecule has 0 N–H and O–H groups in total. The van der Waals surface area contributed by atoms with Crippen molar-refractivity contribution in [2.24, 2.45) is 0 Å². The third-order valence-electron chi connectivity index (χ3n) is 9.65. The van der Waals surface area contributed by atoms with Gasteiger partial charge < -0.3 is 13.4 Å². The SMILES string of the molecule is c1ccc(-c2cc3oc4ccccc4c3c3oc(-c4ccc(-n5c6ccccc6c6ccccc65)c5sc6ccccc6c45)nc23)cc1. The third-order valence-corrected chi connectivity index (χ3v) is 10.8. The Labute approximate surface area is 277 Å². The normalized spacial score (nSPS) is 12.2. The maximum Gasteiger partial charge on any atom is 0.228 e. The fraction of sp³-hybridized carbons (Fsp3) is 0. The predicted molar refractivity (Wildman–Crippen MR) is 199 cm³/mol. The first-order chi connectivity index (χ1) is 23.8. The molecule has 0 radical (unpaired) electrons. The molecule has 5 heteroatoms. The van der Waals surface area contributed by atoms with Crippen LogP contribution in [0.4, 0.5) is 0 Å². The Kier molecular flexibility index (Phi) is 5.23. The van der Waals surface area contributed by atoms with Gasteiger partial charge in [0.05, 0.1) is 26.8 Å². The first-order valence-corrected chi connectivity index (χ1v) is 16.9. The number of oxazole rings is 1. The molecule has 0 saturated heterocycles. The summed E-state index contributed by atoms with van der Waals surface area (Å²) >= 11 is 1.82. The van der Waals surface area contributed by atoms with Gasteiger partial charge in [0.25, 0.3) is 0 Å². The van der Waals surface area contributed by atoms with Crippen LogP contribution in [0, 0.1) is 0 Å². The minimum Gasteiger partial charge on any atom is -0.456 e. The van der Waals surface area contributed by atoms with Gasteiger partial charge in [0, 0.05) is 42.8 Å². The van der Waals surface area contributed by atoms with E-state index in [9.17, 15) is 0 Å². The predicted octanol–water partition coefficient (Wildman–Crippen LogP) is 12.5. The van der Waals surface area contributed by atoms with Gasteiger partial charge in [0.15, 0.2) is 5.58 Å². The lowest BCUT2D eigenvalue weighted by atomic mass is 10.0. The van der Waals surface area contributed by atoms with Crippen LogP contribution in [0.2, 0.25) is 0 Å². The second-order valence-corrected chi connectivity index (χ2v) is 13.3. The van der Waals surface area contributed by atoms with E-state index in [4.69, 9.17) is 13.8 Å². The summed E-state index contributed by atoms with van der Waals surface area (Å²) in [6, 6.07) is 51.1. The summed E-state index contributed by atoms with van der Waals surface area (Å²) in [7, 11) is 0. The van der Waals surface area contributed by atoms with Crippen molar-refractivity contribution < 1.29 is 8.83 Å². The molecule has 4 nitrogen and oxygen atoms in total. The molecule has 4 heterocycles. The van der Waals surface area contributed by atoms with Crippen molar-refractivity contribution in [3.63, 3.8) is 0 Å². The van der Waals surface area contributed by atoms with Crippen molar-refractivity contribution >= 4 is 86.4 Å². The van der Waals surface area contributed by atoms with Crippen LogP contribution < -0.4 is 0 Å². The van der Waals surface area contributed by atoms with Crippen LogP contribution in [0.3, 0.4) is 0 Å². The Morgan fingerprint density at radius 1 is 0.521 bits per heavy atom. The van der Waals surface area contributed by atoms with Gasteiger partial charge in [-0.2, -0.15) is 0 Å². The summed E-state index contributed by atoms with van der Waals surface area (Å²) in [6.07, 6.45) is 0. The molecule has 7 aromatic carbocycles. The number of para-hydroxylation sites is 3. The number of benzene rings is 7. The van der Waals surface area contributed by atoms with Crippen molar-refractivity contribution in [1.29, 1.82) is 0 Å². The number of furan rings is 1. The monoisotopic (exact) mass is 632 g/mol. The van der Waals surface area contributed by atoms with E-state index in [1.165, 1.54) is 36.6 Å². The molecule has 4 aromatic heterocycles. The average Bonchev–Trinajstić information content (AvgIpc) is 3.92. The number of aromatic nitrogens is 2. The summed E-state index contributed by atoms with van der Waals surface area (Å²) < 4.78 is 18.1. The molecule has 0 aliphatic rings. The molecule has 0 aliphatic heterocycles. The molecule has 48 heavy (non-hydrogen) atoms. The minimum absolute atomic E-state index is 0.599. The Balaban J connectivity index is 1.25. The molecular weight excluding hydrogens is 609 g/mol. The summed E-state index contributed by atoms with van der Waals surface area (Å²) in [5.41, 5.74) is 9.75. The van der Waals surface area contributed by atoms with E-state index in [1.807, 2.05) is 35.6 Å². The van der Waals surface area contributed by atoms with Gasteiger partial charge >= 0.3 is 0 Å². The van der Waals surface area contributed by atoms with Gasteiger partial charge in [0.2, 0.25) is 5.89 Å². The lowest BCUT2D eigenvalue weighted by Gasteiger charge is -2.11. The fourth-order valence-electron chi connectivity index (χ4n) is 7.58. The minimum atomic E-state index is 0.599. The van der Waals surface area contributed by atoms with Crippen LogP contribution in [-0.4, -0.2) is 9.55 Å². The van der Waals surface area contributed by atoms with Gasteiger partial charge in [-0.25, -0.2) is 4.98 Å². The zero-order valence-corrected chi connectivity index (χ0v) is 26.3. The number of thiophene rings is 1. The lowest BCUT2D eigenvalue weighted by Crippen LogP contribution is -1.94. The summed E-state index contributed by atoms with van der Waals surface area (Å²) in [5, 5.41) is 6.81. The second kappa shape index (κ2) is 9.67. The molecule has 11 aromatic rings. The molecule has 11 rings (SSSR count). The van der Waals surface area contributed by atoms with E-state index in [1.54, 1.807) is 0 Å². The van der Waals surface area contributed by atoms with E-state index >= 15 is 0 Å². The summed E-state index contributed by atoms with van der Waals surface area (Å²) in [5.74, 6) is 0.599. The molecule has 0 amide bonds. The maximum absolute atomic E-state index is 6.92. The van der Waals surface area contributed by atoms with Crippen molar-refractivity contribution in [2.75, 3.05) is 0 Å². The highest BCUT2D eigenvalue weighted by Gasteiger charge is 2.24. The highest BCUT2D eigenvalue weighted by molar-refractivity contribution is 7.26. The Morgan fingerprint density at radius 3 is 1.98 bits per heavy atom. The maximum atomic E-state index is 6.92. The quantitative estimate of drug-likeness (QED) is 0.195. The highest BCUT2D eigenvalue weighted by Crippen LogP contribution is 2.47. The number of hydrogen-bond acceptors (Lipinski definition) is 4. The molecule has 0 unspecified atom stereocenters. The number of hydrogen-bond donors (Lipinski definition) is 0. The van der Waals surface area contributed by atoms with Crippen LogP contribution >= 0.6 is 11.3 Å².